The van der Waals surface area contributed by atoms with Gasteiger partial charge in [0.05, 0.1) is 31.3 Å². The molecule has 1 unspecified atom stereocenters. The summed E-state index contributed by atoms with van der Waals surface area (Å²) in [5.74, 6) is -0.619. The summed E-state index contributed by atoms with van der Waals surface area (Å²) in [5.41, 5.74) is 0.902. The maximum absolute atomic E-state index is 12.6. The SMILES string of the molecule is N#Cc1ccc(C(=O)N2CCN3C(=O)N(CCO)C(=O)C3C2)cc1. The standard InChI is InChI=1S/C16H16N4O4/c17-9-11-1-3-12(4-2-11)14(22)18-5-6-19-13(10-18)15(23)20(7-8-21)16(19)24/h1-4,13,21H,5-8,10H2. The Morgan fingerprint density at radius 1 is 1.25 bits per heavy atom. The molecule has 0 bridgehead atoms. The van der Waals surface area contributed by atoms with Crippen molar-refractivity contribution in [3.05, 3.63) is 35.4 Å². The number of hydrogen-bond acceptors (Lipinski definition) is 5. The molecule has 24 heavy (non-hydrogen) atoms. The topological polar surface area (TPSA) is 105 Å². The number of carbonyl (C=O) groups is 3. The lowest BCUT2D eigenvalue weighted by Crippen LogP contribution is -2.54. The summed E-state index contributed by atoms with van der Waals surface area (Å²) in [4.78, 5) is 41.0. The van der Waals surface area contributed by atoms with E-state index >= 15 is 0 Å². The van der Waals surface area contributed by atoms with Crippen molar-refractivity contribution in [2.75, 3.05) is 32.8 Å². The Kier molecular flexibility index (Phi) is 4.18. The zero-order valence-electron chi connectivity index (χ0n) is 12.9. The molecule has 2 aliphatic rings. The summed E-state index contributed by atoms with van der Waals surface area (Å²) >= 11 is 0. The molecule has 2 fully saturated rings. The van der Waals surface area contributed by atoms with Gasteiger partial charge in [-0.15, -0.1) is 0 Å². The number of nitrogens with zero attached hydrogens (tertiary/aromatic N) is 4. The van der Waals surface area contributed by atoms with E-state index in [1.165, 1.54) is 9.80 Å². The molecule has 1 aromatic rings. The molecule has 0 saturated carbocycles. The van der Waals surface area contributed by atoms with Crippen LogP contribution in [0.5, 0.6) is 0 Å². The Morgan fingerprint density at radius 3 is 2.58 bits per heavy atom. The van der Waals surface area contributed by atoms with Crippen molar-refractivity contribution in [1.29, 1.82) is 5.26 Å². The molecule has 0 radical (unpaired) electrons. The molecule has 2 aliphatic heterocycles. The molecule has 0 aromatic heterocycles. The van der Waals surface area contributed by atoms with Crippen LogP contribution >= 0.6 is 0 Å². The average Bonchev–Trinajstić information content (AvgIpc) is 2.86. The molecule has 124 valence electrons. The minimum atomic E-state index is -0.694. The highest BCUT2D eigenvalue weighted by Crippen LogP contribution is 2.23. The van der Waals surface area contributed by atoms with E-state index in [0.717, 1.165) is 4.90 Å². The van der Waals surface area contributed by atoms with Crippen LogP contribution in [0.3, 0.4) is 0 Å². The Labute approximate surface area is 138 Å². The number of nitriles is 1. The zero-order chi connectivity index (χ0) is 17.3. The maximum Gasteiger partial charge on any atom is 0.327 e. The van der Waals surface area contributed by atoms with Gasteiger partial charge < -0.3 is 14.9 Å². The molecule has 2 saturated heterocycles. The van der Waals surface area contributed by atoms with Crippen LogP contribution in [-0.4, -0.2) is 76.5 Å². The fourth-order valence-electron chi connectivity index (χ4n) is 3.01. The number of β-amino-alcohol motifs (C(OH)–C–C–N with tert-alkyl or cyclic N) is 1. The van der Waals surface area contributed by atoms with Gasteiger partial charge in [0, 0.05) is 18.7 Å². The Hall–Kier alpha value is -2.92. The molecule has 1 N–H and O–H groups in total. The fourth-order valence-corrected chi connectivity index (χ4v) is 3.01. The number of fused-ring (bicyclic) bond motifs is 1. The van der Waals surface area contributed by atoms with Gasteiger partial charge in [0.2, 0.25) is 0 Å². The summed E-state index contributed by atoms with van der Waals surface area (Å²) in [6.45, 7) is 0.423. The number of aliphatic hydroxyl groups excluding tert-OH is 1. The number of aliphatic hydroxyl groups is 1. The largest absolute Gasteiger partial charge is 0.395 e. The zero-order valence-corrected chi connectivity index (χ0v) is 12.9. The van der Waals surface area contributed by atoms with Crippen molar-refractivity contribution in [3.63, 3.8) is 0 Å². The first kappa shape index (κ1) is 16.0. The van der Waals surface area contributed by atoms with Gasteiger partial charge in [0.25, 0.3) is 11.8 Å². The molecule has 8 heteroatoms. The smallest absolute Gasteiger partial charge is 0.327 e. The van der Waals surface area contributed by atoms with Gasteiger partial charge in [0.15, 0.2) is 0 Å². The second-order valence-electron chi connectivity index (χ2n) is 5.65. The minimum Gasteiger partial charge on any atom is -0.395 e. The molecule has 1 aromatic carbocycles. The van der Waals surface area contributed by atoms with E-state index in [1.54, 1.807) is 24.3 Å². The third-order valence-electron chi connectivity index (χ3n) is 4.28. The highest BCUT2D eigenvalue weighted by Gasteiger charge is 2.48. The van der Waals surface area contributed by atoms with Crippen LogP contribution in [0.25, 0.3) is 0 Å². The van der Waals surface area contributed by atoms with Gasteiger partial charge in [-0.2, -0.15) is 5.26 Å². The Balaban J connectivity index is 1.74. The molecular formula is C16H16N4O4. The van der Waals surface area contributed by atoms with E-state index in [2.05, 4.69) is 0 Å². The Bertz CT molecular complexity index is 725. The highest BCUT2D eigenvalue weighted by molar-refractivity contribution is 6.05. The normalized spacial score (nSPS) is 20.2. The van der Waals surface area contributed by atoms with Crippen LogP contribution in [-0.2, 0) is 4.79 Å². The minimum absolute atomic E-state index is 0.0335. The number of benzene rings is 1. The monoisotopic (exact) mass is 328 g/mol. The predicted octanol–water partition coefficient (Wildman–Crippen LogP) is -0.361. The van der Waals surface area contributed by atoms with Crippen molar-refractivity contribution < 1.29 is 19.5 Å². The van der Waals surface area contributed by atoms with Crippen LogP contribution < -0.4 is 0 Å². The van der Waals surface area contributed by atoms with Crippen LogP contribution in [0.2, 0.25) is 0 Å². The lowest BCUT2D eigenvalue weighted by Gasteiger charge is -2.35. The quantitative estimate of drug-likeness (QED) is 0.763. The summed E-state index contributed by atoms with van der Waals surface area (Å²) in [6.07, 6.45) is 0. The molecule has 3 rings (SSSR count). The molecule has 0 spiro atoms. The van der Waals surface area contributed by atoms with Gasteiger partial charge in [0.1, 0.15) is 6.04 Å². The van der Waals surface area contributed by atoms with Gasteiger partial charge in [-0.05, 0) is 24.3 Å². The van der Waals surface area contributed by atoms with Crippen LogP contribution in [0.4, 0.5) is 4.79 Å². The van der Waals surface area contributed by atoms with Gasteiger partial charge in [-0.1, -0.05) is 0 Å². The van der Waals surface area contributed by atoms with Crippen molar-refractivity contribution in [1.82, 2.24) is 14.7 Å². The molecule has 4 amide bonds. The third kappa shape index (κ3) is 2.59. The van der Waals surface area contributed by atoms with E-state index in [9.17, 15) is 14.4 Å². The van der Waals surface area contributed by atoms with Crippen molar-refractivity contribution >= 4 is 17.8 Å². The number of hydrogen-bond donors (Lipinski definition) is 1. The maximum atomic E-state index is 12.6. The van der Waals surface area contributed by atoms with E-state index in [1.807, 2.05) is 6.07 Å². The summed E-state index contributed by atoms with van der Waals surface area (Å²) in [5, 5.41) is 17.8. The van der Waals surface area contributed by atoms with E-state index in [4.69, 9.17) is 10.4 Å². The van der Waals surface area contributed by atoms with Crippen molar-refractivity contribution in [2.24, 2.45) is 0 Å². The summed E-state index contributed by atoms with van der Waals surface area (Å²) < 4.78 is 0. The van der Waals surface area contributed by atoms with Crippen LogP contribution in [0.15, 0.2) is 24.3 Å². The first-order chi connectivity index (χ1) is 11.6. The number of imide groups is 1. The summed E-state index contributed by atoms with van der Waals surface area (Å²) in [6, 6.07) is 7.17. The number of carbonyl (C=O) groups excluding carboxylic acids is 3. The van der Waals surface area contributed by atoms with E-state index in [-0.39, 0.29) is 38.1 Å². The van der Waals surface area contributed by atoms with Gasteiger partial charge in [-0.25, -0.2) is 4.79 Å². The molecular weight excluding hydrogens is 312 g/mol. The first-order valence-corrected chi connectivity index (χ1v) is 7.59. The molecule has 2 heterocycles. The van der Waals surface area contributed by atoms with E-state index in [0.29, 0.717) is 17.7 Å². The number of urea groups is 1. The van der Waals surface area contributed by atoms with Crippen LogP contribution in [0.1, 0.15) is 15.9 Å². The Morgan fingerprint density at radius 2 is 1.96 bits per heavy atom. The van der Waals surface area contributed by atoms with Gasteiger partial charge >= 0.3 is 6.03 Å². The van der Waals surface area contributed by atoms with Crippen molar-refractivity contribution in [3.8, 4) is 6.07 Å². The lowest BCUT2D eigenvalue weighted by molar-refractivity contribution is -0.129. The number of amides is 4. The van der Waals surface area contributed by atoms with Gasteiger partial charge in [-0.3, -0.25) is 14.5 Å². The average molecular weight is 328 g/mol. The lowest BCUT2D eigenvalue weighted by atomic mass is 10.1. The van der Waals surface area contributed by atoms with Crippen molar-refractivity contribution in [2.45, 2.75) is 6.04 Å². The first-order valence-electron chi connectivity index (χ1n) is 7.59. The number of piperazine rings is 1. The van der Waals surface area contributed by atoms with Crippen LogP contribution in [0, 0.1) is 11.3 Å². The fraction of sp³-hybridized carbons (Fsp3) is 0.375. The molecule has 1 atom stereocenters. The van der Waals surface area contributed by atoms with E-state index < -0.39 is 12.1 Å². The molecule has 0 aliphatic carbocycles. The second kappa shape index (κ2) is 6.29. The highest BCUT2D eigenvalue weighted by atomic mass is 16.3. The second-order valence-corrected chi connectivity index (χ2v) is 5.65. The third-order valence-corrected chi connectivity index (χ3v) is 4.28. The summed E-state index contributed by atoms with van der Waals surface area (Å²) in [7, 11) is 0. The molecule has 8 nitrogen and oxygen atoms in total. The predicted molar refractivity (Wildman–Crippen MR) is 81.7 cm³/mol. The number of rotatable bonds is 3.